The smallest absolute Gasteiger partial charge is 0.379 e. The summed E-state index contributed by atoms with van der Waals surface area (Å²) in [6, 6.07) is 4.78. The molecule has 0 spiro atoms. The van der Waals surface area contributed by atoms with Crippen molar-refractivity contribution in [3.05, 3.63) is 65.0 Å². The number of anilines is 1. The topological polar surface area (TPSA) is 12.0 Å². The molecular formula is C14H9F6N. The van der Waals surface area contributed by atoms with Gasteiger partial charge in [0.2, 0.25) is 0 Å². The third kappa shape index (κ3) is 3.90. The molecule has 2 aromatic carbocycles. The minimum Gasteiger partial charge on any atom is -0.379 e. The summed E-state index contributed by atoms with van der Waals surface area (Å²) in [5.74, 6) is -2.70. The van der Waals surface area contributed by atoms with E-state index in [2.05, 4.69) is 5.32 Å². The fraction of sp³-hybridized carbons (Fsp3) is 0.143. The first kappa shape index (κ1) is 15.2. The highest BCUT2D eigenvalue weighted by molar-refractivity contribution is 5.45. The summed E-state index contributed by atoms with van der Waals surface area (Å²) < 4.78 is 76.8. The molecule has 112 valence electrons. The van der Waals surface area contributed by atoms with Crippen LogP contribution in [0.3, 0.4) is 0 Å². The van der Waals surface area contributed by atoms with Gasteiger partial charge >= 0.3 is 6.18 Å². The van der Waals surface area contributed by atoms with E-state index in [1.165, 1.54) is 0 Å². The van der Waals surface area contributed by atoms with Crippen LogP contribution in [0.15, 0.2) is 36.4 Å². The molecule has 0 heterocycles. The number of halogens is 6. The Labute approximate surface area is 116 Å². The second-order valence-electron chi connectivity index (χ2n) is 4.32. The molecule has 21 heavy (non-hydrogen) atoms. The van der Waals surface area contributed by atoms with Crippen LogP contribution in [0.1, 0.15) is 11.1 Å². The minimum absolute atomic E-state index is 0.00829. The SMILES string of the molecule is Fc1cc(CNc2ccc(F)cc2F)cc(C(F)(F)F)c1. The van der Waals surface area contributed by atoms with Crippen molar-refractivity contribution < 1.29 is 26.3 Å². The Morgan fingerprint density at radius 1 is 0.857 bits per heavy atom. The van der Waals surface area contributed by atoms with Crippen molar-refractivity contribution >= 4 is 5.69 Å². The Morgan fingerprint density at radius 3 is 2.19 bits per heavy atom. The van der Waals surface area contributed by atoms with E-state index < -0.39 is 29.2 Å². The van der Waals surface area contributed by atoms with E-state index in [1.807, 2.05) is 0 Å². The summed E-state index contributed by atoms with van der Waals surface area (Å²) in [7, 11) is 0. The lowest BCUT2D eigenvalue weighted by atomic mass is 10.1. The van der Waals surface area contributed by atoms with Crippen LogP contribution in [-0.2, 0) is 12.7 Å². The van der Waals surface area contributed by atoms with Gasteiger partial charge in [-0.25, -0.2) is 13.2 Å². The Balaban J connectivity index is 2.18. The Morgan fingerprint density at radius 2 is 1.57 bits per heavy atom. The first-order valence-corrected chi connectivity index (χ1v) is 5.81. The van der Waals surface area contributed by atoms with Gasteiger partial charge in [-0.2, -0.15) is 13.2 Å². The highest BCUT2D eigenvalue weighted by Crippen LogP contribution is 2.30. The zero-order valence-corrected chi connectivity index (χ0v) is 10.4. The number of benzene rings is 2. The number of nitrogens with one attached hydrogen (secondary N) is 1. The van der Waals surface area contributed by atoms with Gasteiger partial charge in [-0.15, -0.1) is 0 Å². The number of alkyl halides is 3. The molecule has 7 heteroatoms. The van der Waals surface area contributed by atoms with Crippen LogP contribution < -0.4 is 5.32 Å². The normalized spacial score (nSPS) is 11.5. The third-order valence-electron chi connectivity index (χ3n) is 2.70. The summed E-state index contributed by atoms with van der Waals surface area (Å²) in [4.78, 5) is 0. The highest BCUT2D eigenvalue weighted by atomic mass is 19.4. The quantitative estimate of drug-likeness (QED) is 0.808. The molecule has 1 N–H and O–H groups in total. The van der Waals surface area contributed by atoms with E-state index in [0.29, 0.717) is 12.1 Å². The van der Waals surface area contributed by atoms with Crippen LogP contribution in [0.25, 0.3) is 0 Å². The number of hydrogen-bond acceptors (Lipinski definition) is 1. The van der Waals surface area contributed by atoms with Crippen LogP contribution >= 0.6 is 0 Å². The average Bonchev–Trinajstić information content (AvgIpc) is 2.36. The van der Waals surface area contributed by atoms with Crippen LogP contribution in [0.4, 0.5) is 32.0 Å². The Bertz CT molecular complexity index is 650. The molecule has 1 nitrogen and oxygen atoms in total. The van der Waals surface area contributed by atoms with E-state index in [4.69, 9.17) is 0 Å². The van der Waals surface area contributed by atoms with Crippen LogP contribution in [0.2, 0.25) is 0 Å². The van der Waals surface area contributed by atoms with Crippen molar-refractivity contribution in [1.82, 2.24) is 0 Å². The molecule has 0 atom stereocenters. The Hall–Kier alpha value is -2.18. The predicted octanol–water partition coefficient (Wildman–Crippen LogP) is 4.73. The highest BCUT2D eigenvalue weighted by Gasteiger charge is 2.31. The molecule has 2 rings (SSSR count). The monoisotopic (exact) mass is 305 g/mol. The molecule has 0 saturated carbocycles. The average molecular weight is 305 g/mol. The fourth-order valence-electron chi connectivity index (χ4n) is 1.75. The van der Waals surface area contributed by atoms with Gasteiger partial charge in [0.15, 0.2) is 0 Å². The molecule has 0 unspecified atom stereocenters. The van der Waals surface area contributed by atoms with Crippen LogP contribution in [0.5, 0.6) is 0 Å². The van der Waals surface area contributed by atoms with E-state index >= 15 is 0 Å². The molecule has 0 radical (unpaired) electrons. The maximum absolute atomic E-state index is 13.3. The number of rotatable bonds is 3. The van der Waals surface area contributed by atoms with E-state index in [1.54, 1.807) is 0 Å². The maximum atomic E-state index is 13.3. The molecule has 0 amide bonds. The van der Waals surface area contributed by atoms with Crippen molar-refractivity contribution in [2.45, 2.75) is 12.7 Å². The largest absolute Gasteiger partial charge is 0.416 e. The lowest BCUT2D eigenvalue weighted by Crippen LogP contribution is -2.08. The fourth-order valence-corrected chi connectivity index (χ4v) is 1.75. The van der Waals surface area contributed by atoms with Crippen LogP contribution in [0, 0.1) is 17.5 Å². The van der Waals surface area contributed by atoms with E-state index in [9.17, 15) is 26.3 Å². The molecule has 0 aromatic heterocycles. The van der Waals surface area contributed by atoms with Crippen molar-refractivity contribution in [3.8, 4) is 0 Å². The van der Waals surface area contributed by atoms with Crippen molar-refractivity contribution in [2.24, 2.45) is 0 Å². The number of hydrogen-bond donors (Lipinski definition) is 1. The van der Waals surface area contributed by atoms with Gasteiger partial charge < -0.3 is 5.32 Å². The first-order chi connectivity index (χ1) is 9.75. The molecule has 0 saturated heterocycles. The standard InChI is InChI=1S/C14H9F6N/c15-10-1-2-13(12(17)6-10)21-7-8-3-9(14(18,19)20)5-11(16)4-8/h1-6,21H,7H2. The van der Waals surface area contributed by atoms with E-state index in [0.717, 1.165) is 24.3 Å². The molecule has 0 aliphatic rings. The first-order valence-electron chi connectivity index (χ1n) is 5.81. The lowest BCUT2D eigenvalue weighted by molar-refractivity contribution is -0.137. The second kappa shape index (κ2) is 5.67. The van der Waals surface area contributed by atoms with Gasteiger partial charge in [-0.05, 0) is 35.9 Å². The molecule has 0 fully saturated rings. The maximum Gasteiger partial charge on any atom is 0.416 e. The minimum atomic E-state index is -4.67. The van der Waals surface area contributed by atoms with Crippen molar-refractivity contribution in [1.29, 1.82) is 0 Å². The predicted molar refractivity (Wildman–Crippen MR) is 65.1 cm³/mol. The van der Waals surface area contributed by atoms with Gasteiger partial charge in [0.25, 0.3) is 0 Å². The van der Waals surface area contributed by atoms with Gasteiger partial charge in [0.05, 0.1) is 11.3 Å². The van der Waals surface area contributed by atoms with Gasteiger partial charge in [-0.3, -0.25) is 0 Å². The summed E-state index contributed by atoms with van der Waals surface area (Å²) in [6.45, 7) is -0.233. The molecule has 0 aliphatic heterocycles. The summed E-state index contributed by atoms with van der Waals surface area (Å²) >= 11 is 0. The lowest BCUT2D eigenvalue weighted by Gasteiger charge is -2.11. The second-order valence-corrected chi connectivity index (χ2v) is 4.32. The van der Waals surface area contributed by atoms with Gasteiger partial charge in [-0.1, -0.05) is 0 Å². The summed E-state index contributed by atoms with van der Waals surface area (Å²) in [5.41, 5.74) is -1.22. The zero-order chi connectivity index (χ0) is 15.6. The molecule has 0 aliphatic carbocycles. The van der Waals surface area contributed by atoms with Gasteiger partial charge in [0, 0.05) is 12.6 Å². The van der Waals surface area contributed by atoms with Gasteiger partial charge in [0.1, 0.15) is 17.5 Å². The summed E-state index contributed by atoms with van der Waals surface area (Å²) in [5, 5.41) is 2.49. The van der Waals surface area contributed by atoms with Crippen LogP contribution in [-0.4, -0.2) is 0 Å². The summed E-state index contributed by atoms with van der Waals surface area (Å²) in [6.07, 6.45) is -4.67. The van der Waals surface area contributed by atoms with Crippen molar-refractivity contribution in [3.63, 3.8) is 0 Å². The molecule has 0 bridgehead atoms. The van der Waals surface area contributed by atoms with E-state index in [-0.39, 0.29) is 17.8 Å². The zero-order valence-electron chi connectivity index (χ0n) is 10.4. The van der Waals surface area contributed by atoms with Crippen molar-refractivity contribution in [2.75, 3.05) is 5.32 Å². The molecular weight excluding hydrogens is 296 g/mol. The molecule has 2 aromatic rings. The third-order valence-corrected chi connectivity index (χ3v) is 2.70. The Kier molecular flexibility index (Phi) is 4.11.